The van der Waals surface area contributed by atoms with Gasteiger partial charge in [0.05, 0.1) is 6.04 Å². The predicted octanol–water partition coefficient (Wildman–Crippen LogP) is 1.42. The van der Waals surface area contributed by atoms with Crippen molar-refractivity contribution >= 4 is 5.91 Å². The molecule has 0 bridgehead atoms. The maximum atomic E-state index is 11.0. The zero-order chi connectivity index (χ0) is 10.8. The fourth-order valence-electron chi connectivity index (χ4n) is 2.81. The molecule has 0 aromatic carbocycles. The number of primary amides is 1. The van der Waals surface area contributed by atoms with Crippen LogP contribution in [0, 0.1) is 11.8 Å². The quantitative estimate of drug-likeness (QED) is 0.737. The van der Waals surface area contributed by atoms with E-state index in [1.54, 1.807) is 0 Å². The molecule has 1 amide bonds. The summed E-state index contributed by atoms with van der Waals surface area (Å²) in [6.07, 6.45) is 8.03. The third kappa shape index (κ3) is 2.94. The van der Waals surface area contributed by atoms with Crippen molar-refractivity contribution in [3.63, 3.8) is 0 Å². The van der Waals surface area contributed by atoms with E-state index < -0.39 is 0 Å². The molecule has 86 valence electrons. The molecule has 2 aliphatic carbocycles. The van der Waals surface area contributed by atoms with Crippen LogP contribution in [0.5, 0.6) is 0 Å². The number of carbonyl (C=O) groups is 1. The van der Waals surface area contributed by atoms with Crippen LogP contribution in [-0.4, -0.2) is 18.0 Å². The van der Waals surface area contributed by atoms with Crippen LogP contribution >= 0.6 is 0 Å². The van der Waals surface area contributed by atoms with E-state index in [1.807, 2.05) is 6.92 Å². The van der Waals surface area contributed by atoms with E-state index in [1.165, 1.54) is 38.5 Å². The number of rotatable bonds is 4. The molecule has 2 saturated carbocycles. The molecule has 0 aromatic rings. The first kappa shape index (κ1) is 10.9. The maximum absolute atomic E-state index is 11.0. The van der Waals surface area contributed by atoms with E-state index in [9.17, 15) is 4.79 Å². The minimum Gasteiger partial charge on any atom is -0.368 e. The van der Waals surface area contributed by atoms with Crippen molar-refractivity contribution < 1.29 is 4.79 Å². The number of nitrogens with one attached hydrogen (secondary N) is 1. The summed E-state index contributed by atoms with van der Waals surface area (Å²) >= 11 is 0. The predicted molar refractivity (Wildman–Crippen MR) is 60.3 cm³/mol. The highest BCUT2D eigenvalue weighted by Crippen LogP contribution is 2.43. The monoisotopic (exact) mass is 210 g/mol. The van der Waals surface area contributed by atoms with Crippen LogP contribution in [-0.2, 0) is 4.79 Å². The van der Waals surface area contributed by atoms with Gasteiger partial charge in [0.2, 0.25) is 5.91 Å². The van der Waals surface area contributed by atoms with Gasteiger partial charge in [-0.15, -0.1) is 0 Å². The molecule has 2 fully saturated rings. The number of hydrogen-bond donors (Lipinski definition) is 2. The largest absolute Gasteiger partial charge is 0.368 e. The molecule has 2 aliphatic rings. The number of carbonyl (C=O) groups excluding carboxylic acids is 1. The Hall–Kier alpha value is -0.570. The molecule has 0 aromatic heterocycles. The first-order valence-corrected chi connectivity index (χ1v) is 6.22. The van der Waals surface area contributed by atoms with Crippen molar-refractivity contribution in [2.75, 3.05) is 0 Å². The van der Waals surface area contributed by atoms with Gasteiger partial charge in [-0.05, 0) is 44.4 Å². The molecule has 0 spiro atoms. The van der Waals surface area contributed by atoms with Gasteiger partial charge < -0.3 is 11.1 Å². The van der Waals surface area contributed by atoms with Crippen LogP contribution < -0.4 is 11.1 Å². The third-order valence-electron chi connectivity index (χ3n) is 3.92. The number of nitrogens with two attached hydrogens (primary N) is 1. The van der Waals surface area contributed by atoms with Gasteiger partial charge in [0.1, 0.15) is 0 Å². The molecule has 3 N–H and O–H groups in total. The molecule has 2 rings (SSSR count). The Morgan fingerprint density at radius 2 is 2.00 bits per heavy atom. The zero-order valence-corrected chi connectivity index (χ0v) is 9.54. The van der Waals surface area contributed by atoms with E-state index >= 15 is 0 Å². The lowest BCUT2D eigenvalue weighted by Gasteiger charge is -2.31. The molecule has 15 heavy (non-hydrogen) atoms. The van der Waals surface area contributed by atoms with Crippen molar-refractivity contribution in [2.45, 2.75) is 57.5 Å². The van der Waals surface area contributed by atoms with Crippen LogP contribution in [0.3, 0.4) is 0 Å². The molecule has 0 heterocycles. The van der Waals surface area contributed by atoms with Gasteiger partial charge in [-0.2, -0.15) is 0 Å². The lowest BCUT2D eigenvalue weighted by atomic mass is 9.82. The summed E-state index contributed by atoms with van der Waals surface area (Å²) in [5.41, 5.74) is 5.26. The second-order valence-corrected chi connectivity index (χ2v) is 5.25. The average Bonchev–Trinajstić information content (AvgIpc) is 3.01. The summed E-state index contributed by atoms with van der Waals surface area (Å²) in [7, 11) is 0. The second kappa shape index (κ2) is 4.52. The fraction of sp³-hybridized carbons (Fsp3) is 0.917. The summed E-state index contributed by atoms with van der Waals surface area (Å²) in [4.78, 5) is 11.0. The van der Waals surface area contributed by atoms with Crippen molar-refractivity contribution in [1.29, 1.82) is 0 Å². The summed E-state index contributed by atoms with van der Waals surface area (Å²) < 4.78 is 0. The Kier molecular flexibility index (Phi) is 3.29. The summed E-state index contributed by atoms with van der Waals surface area (Å²) in [6, 6.07) is 0.347. The van der Waals surface area contributed by atoms with Crippen LogP contribution in [0.15, 0.2) is 0 Å². The highest BCUT2D eigenvalue weighted by molar-refractivity contribution is 5.79. The van der Waals surface area contributed by atoms with Crippen molar-refractivity contribution in [3.8, 4) is 0 Å². The first-order valence-electron chi connectivity index (χ1n) is 6.22. The van der Waals surface area contributed by atoms with E-state index in [-0.39, 0.29) is 11.9 Å². The Labute approximate surface area is 91.8 Å². The Balaban J connectivity index is 1.79. The molecular weight excluding hydrogens is 188 g/mol. The Morgan fingerprint density at radius 3 is 2.60 bits per heavy atom. The standard InChI is InChI=1S/C12H22N2O/c1-8(12(13)15)14-11-4-2-3-10(7-11)9-5-6-9/h8-11,14H,2-7H2,1H3,(H2,13,15). The van der Waals surface area contributed by atoms with Gasteiger partial charge in [-0.3, -0.25) is 4.79 Å². The van der Waals surface area contributed by atoms with Crippen molar-refractivity contribution in [3.05, 3.63) is 0 Å². The lowest BCUT2D eigenvalue weighted by Crippen LogP contribution is -2.46. The average molecular weight is 210 g/mol. The SMILES string of the molecule is CC(NC1CCCC(C2CC2)C1)C(N)=O. The second-order valence-electron chi connectivity index (χ2n) is 5.25. The van der Waals surface area contributed by atoms with Gasteiger partial charge in [0.15, 0.2) is 0 Å². The van der Waals surface area contributed by atoms with E-state index in [0.717, 1.165) is 11.8 Å². The van der Waals surface area contributed by atoms with E-state index in [2.05, 4.69) is 5.32 Å². The summed E-state index contributed by atoms with van der Waals surface area (Å²) in [6.45, 7) is 1.86. The van der Waals surface area contributed by atoms with E-state index in [4.69, 9.17) is 5.73 Å². The molecule has 3 unspecified atom stereocenters. The highest BCUT2D eigenvalue weighted by Gasteiger charge is 2.35. The minimum atomic E-state index is -0.233. The van der Waals surface area contributed by atoms with Crippen LogP contribution in [0.2, 0.25) is 0 Å². The van der Waals surface area contributed by atoms with Crippen LogP contribution in [0.1, 0.15) is 45.4 Å². The molecule has 3 heteroatoms. The third-order valence-corrected chi connectivity index (χ3v) is 3.92. The van der Waals surface area contributed by atoms with Gasteiger partial charge in [0, 0.05) is 6.04 Å². The van der Waals surface area contributed by atoms with Gasteiger partial charge in [-0.25, -0.2) is 0 Å². The molecule has 0 radical (unpaired) electrons. The smallest absolute Gasteiger partial charge is 0.234 e. The molecular formula is C12H22N2O. The van der Waals surface area contributed by atoms with Gasteiger partial charge in [0.25, 0.3) is 0 Å². The highest BCUT2D eigenvalue weighted by atomic mass is 16.1. The van der Waals surface area contributed by atoms with Crippen LogP contribution in [0.25, 0.3) is 0 Å². The Morgan fingerprint density at radius 1 is 1.27 bits per heavy atom. The zero-order valence-electron chi connectivity index (χ0n) is 9.54. The Bertz CT molecular complexity index is 238. The summed E-state index contributed by atoms with van der Waals surface area (Å²) in [5, 5.41) is 3.36. The molecule has 3 atom stereocenters. The van der Waals surface area contributed by atoms with Crippen molar-refractivity contribution in [1.82, 2.24) is 5.32 Å². The number of amides is 1. The maximum Gasteiger partial charge on any atom is 0.234 e. The topological polar surface area (TPSA) is 55.1 Å². The lowest BCUT2D eigenvalue weighted by molar-refractivity contribution is -0.119. The van der Waals surface area contributed by atoms with Gasteiger partial charge >= 0.3 is 0 Å². The molecule has 3 nitrogen and oxygen atoms in total. The fourth-order valence-corrected chi connectivity index (χ4v) is 2.81. The molecule has 0 saturated heterocycles. The van der Waals surface area contributed by atoms with E-state index in [0.29, 0.717) is 6.04 Å². The van der Waals surface area contributed by atoms with Crippen molar-refractivity contribution in [2.24, 2.45) is 17.6 Å². The molecule has 0 aliphatic heterocycles. The van der Waals surface area contributed by atoms with Gasteiger partial charge in [-0.1, -0.05) is 12.8 Å². The van der Waals surface area contributed by atoms with Crippen LogP contribution in [0.4, 0.5) is 0 Å². The number of hydrogen-bond acceptors (Lipinski definition) is 2. The normalized spacial score (nSPS) is 33.7. The summed E-state index contributed by atoms with van der Waals surface area (Å²) in [5.74, 6) is 1.68. The first-order chi connectivity index (χ1) is 7.16. The minimum absolute atomic E-state index is 0.173.